The molecule has 0 aliphatic carbocycles. The number of aliphatic carboxylic acids is 1. The predicted octanol–water partition coefficient (Wildman–Crippen LogP) is 2.68. The minimum Gasteiger partial charge on any atom is -0.481 e. The number of alkyl halides is 2. The second-order valence-corrected chi connectivity index (χ2v) is 6.46. The average molecular weight is 327 g/mol. The molecular weight excluding hydrogens is 312 g/mol. The fourth-order valence-electron chi connectivity index (χ4n) is 2.78. The zero-order chi connectivity index (χ0) is 15.7. The fourth-order valence-corrected chi connectivity index (χ4v) is 3.54. The van der Waals surface area contributed by atoms with Crippen LogP contribution in [-0.4, -0.2) is 45.2 Å². The first-order valence-electron chi connectivity index (χ1n) is 6.84. The van der Waals surface area contributed by atoms with Gasteiger partial charge in [0.15, 0.2) is 0 Å². The zero-order valence-corrected chi connectivity index (χ0v) is 12.4. The molecule has 0 amide bonds. The van der Waals surface area contributed by atoms with Gasteiger partial charge in [-0.25, -0.2) is 8.78 Å². The van der Waals surface area contributed by atoms with Crippen molar-refractivity contribution in [3.63, 3.8) is 0 Å². The van der Waals surface area contributed by atoms with Crippen molar-refractivity contribution < 1.29 is 18.7 Å². The number of nitrogens with zero attached hydrogens (tertiary/aromatic N) is 2. The van der Waals surface area contributed by atoms with Crippen molar-refractivity contribution in [3.8, 4) is 10.6 Å². The van der Waals surface area contributed by atoms with Gasteiger partial charge in [-0.05, 0) is 11.4 Å². The molecule has 1 unspecified atom stereocenters. The number of H-pyrrole nitrogens is 1. The largest absolute Gasteiger partial charge is 0.481 e. The molecule has 22 heavy (non-hydrogen) atoms. The van der Waals surface area contributed by atoms with E-state index in [4.69, 9.17) is 5.11 Å². The molecule has 0 radical (unpaired) electrons. The Morgan fingerprint density at radius 1 is 1.59 bits per heavy atom. The van der Waals surface area contributed by atoms with Crippen molar-refractivity contribution in [1.82, 2.24) is 15.1 Å². The van der Waals surface area contributed by atoms with Crippen LogP contribution < -0.4 is 0 Å². The minimum absolute atomic E-state index is 0.125. The van der Waals surface area contributed by atoms with Gasteiger partial charge in [-0.3, -0.25) is 14.8 Å². The second-order valence-electron chi connectivity index (χ2n) is 5.51. The molecule has 1 aliphatic heterocycles. The average Bonchev–Trinajstić information content (AvgIpc) is 3.06. The van der Waals surface area contributed by atoms with Crippen molar-refractivity contribution in [3.05, 3.63) is 29.3 Å². The summed E-state index contributed by atoms with van der Waals surface area (Å²) in [5, 5.41) is 17.8. The Kier molecular flexibility index (Phi) is 3.96. The highest BCUT2D eigenvalue weighted by atomic mass is 32.1. The molecule has 2 N–H and O–H groups in total. The molecule has 1 saturated heterocycles. The van der Waals surface area contributed by atoms with Crippen LogP contribution in [0.1, 0.15) is 12.0 Å². The van der Waals surface area contributed by atoms with Crippen LogP contribution in [-0.2, 0) is 11.3 Å². The molecule has 3 heterocycles. The number of carboxylic acid groups (broad SMARTS) is 1. The molecule has 118 valence electrons. The zero-order valence-electron chi connectivity index (χ0n) is 11.6. The molecule has 1 atom stereocenters. The van der Waals surface area contributed by atoms with Crippen LogP contribution in [0.4, 0.5) is 8.78 Å². The van der Waals surface area contributed by atoms with Crippen molar-refractivity contribution in [2.75, 3.05) is 13.1 Å². The van der Waals surface area contributed by atoms with Crippen molar-refractivity contribution >= 4 is 17.3 Å². The standard InChI is InChI=1S/C14H15F2N3O2S/c15-14(16)4-9(13(20)21)6-19(8-14)7-10-5-17-18-12(10)11-2-1-3-22-11/h1-3,5,9H,4,6-8H2,(H,17,18)(H,20,21). The summed E-state index contributed by atoms with van der Waals surface area (Å²) >= 11 is 1.53. The number of carboxylic acids is 1. The number of hydrogen-bond donors (Lipinski definition) is 2. The van der Waals surface area contributed by atoms with E-state index in [0.717, 1.165) is 16.1 Å². The van der Waals surface area contributed by atoms with Crippen LogP contribution in [0.5, 0.6) is 0 Å². The molecule has 2 aromatic rings. The summed E-state index contributed by atoms with van der Waals surface area (Å²) in [6, 6.07) is 3.83. The molecule has 5 nitrogen and oxygen atoms in total. The fraction of sp³-hybridized carbons (Fsp3) is 0.429. The monoisotopic (exact) mass is 327 g/mol. The van der Waals surface area contributed by atoms with E-state index in [1.165, 1.54) is 16.2 Å². The van der Waals surface area contributed by atoms with Crippen molar-refractivity contribution in [2.24, 2.45) is 5.92 Å². The quantitative estimate of drug-likeness (QED) is 0.906. The number of likely N-dealkylation sites (tertiary alicyclic amines) is 1. The molecule has 0 aromatic carbocycles. The smallest absolute Gasteiger partial charge is 0.308 e. The number of nitrogens with one attached hydrogen (secondary N) is 1. The molecule has 3 rings (SSSR count). The van der Waals surface area contributed by atoms with Gasteiger partial charge in [0.05, 0.1) is 29.2 Å². The number of aromatic amines is 1. The van der Waals surface area contributed by atoms with Gasteiger partial charge in [0.2, 0.25) is 0 Å². The van der Waals surface area contributed by atoms with Crippen molar-refractivity contribution in [2.45, 2.75) is 18.9 Å². The lowest BCUT2D eigenvalue weighted by Crippen LogP contribution is -2.48. The summed E-state index contributed by atoms with van der Waals surface area (Å²) in [5.74, 6) is -5.19. The van der Waals surface area contributed by atoms with Gasteiger partial charge < -0.3 is 5.11 Å². The molecule has 8 heteroatoms. The normalized spacial score (nSPS) is 21.8. The first-order valence-corrected chi connectivity index (χ1v) is 7.72. The lowest BCUT2D eigenvalue weighted by atomic mass is 9.95. The third-order valence-electron chi connectivity index (χ3n) is 3.71. The number of carbonyl (C=O) groups is 1. The Hall–Kier alpha value is -1.80. The van der Waals surface area contributed by atoms with E-state index < -0.39 is 30.8 Å². The van der Waals surface area contributed by atoms with Gasteiger partial charge in [0, 0.05) is 25.1 Å². The second kappa shape index (κ2) is 5.77. The third-order valence-corrected chi connectivity index (χ3v) is 4.59. The molecule has 0 bridgehead atoms. The highest BCUT2D eigenvalue weighted by Gasteiger charge is 2.43. The van der Waals surface area contributed by atoms with Gasteiger partial charge in [0.1, 0.15) is 0 Å². The van der Waals surface area contributed by atoms with E-state index in [-0.39, 0.29) is 13.1 Å². The van der Waals surface area contributed by atoms with Gasteiger partial charge in [-0.2, -0.15) is 5.10 Å². The summed E-state index contributed by atoms with van der Waals surface area (Å²) < 4.78 is 27.5. The third kappa shape index (κ3) is 3.17. The Balaban J connectivity index is 1.78. The number of halogens is 2. The maximum atomic E-state index is 13.7. The Morgan fingerprint density at radius 3 is 3.09 bits per heavy atom. The van der Waals surface area contributed by atoms with E-state index >= 15 is 0 Å². The first-order chi connectivity index (χ1) is 10.4. The van der Waals surface area contributed by atoms with E-state index in [1.807, 2.05) is 17.5 Å². The van der Waals surface area contributed by atoms with Gasteiger partial charge in [-0.15, -0.1) is 11.3 Å². The maximum absolute atomic E-state index is 13.7. The minimum atomic E-state index is -2.98. The number of thiophene rings is 1. The summed E-state index contributed by atoms with van der Waals surface area (Å²) in [6.07, 6.45) is 1.01. The van der Waals surface area contributed by atoms with Crippen molar-refractivity contribution in [1.29, 1.82) is 0 Å². The van der Waals surface area contributed by atoms with Crippen LogP contribution in [0.3, 0.4) is 0 Å². The highest BCUT2D eigenvalue weighted by molar-refractivity contribution is 7.13. The SMILES string of the molecule is O=C(O)C1CN(Cc2cn[nH]c2-c2cccs2)CC(F)(F)C1. The predicted molar refractivity (Wildman–Crippen MR) is 77.9 cm³/mol. The molecule has 1 fully saturated rings. The lowest BCUT2D eigenvalue weighted by Gasteiger charge is -2.35. The first kappa shape index (κ1) is 15.1. The van der Waals surface area contributed by atoms with E-state index in [1.54, 1.807) is 6.20 Å². The number of piperidine rings is 1. The van der Waals surface area contributed by atoms with Gasteiger partial charge >= 0.3 is 5.97 Å². The summed E-state index contributed by atoms with van der Waals surface area (Å²) in [6.45, 7) is -0.0467. The number of aromatic nitrogens is 2. The van der Waals surface area contributed by atoms with Crippen LogP contribution in [0.15, 0.2) is 23.7 Å². The molecular formula is C14H15F2N3O2S. The van der Waals surface area contributed by atoms with Crippen LogP contribution in [0, 0.1) is 5.92 Å². The maximum Gasteiger partial charge on any atom is 0.308 e. The Labute approximate surface area is 129 Å². The molecule has 2 aromatic heterocycles. The lowest BCUT2D eigenvalue weighted by molar-refractivity contribution is -0.153. The van der Waals surface area contributed by atoms with E-state index in [9.17, 15) is 13.6 Å². The molecule has 0 saturated carbocycles. The number of hydrogen-bond acceptors (Lipinski definition) is 4. The highest BCUT2D eigenvalue weighted by Crippen LogP contribution is 2.33. The van der Waals surface area contributed by atoms with Gasteiger partial charge in [-0.1, -0.05) is 6.07 Å². The Morgan fingerprint density at radius 2 is 2.41 bits per heavy atom. The van der Waals surface area contributed by atoms with Gasteiger partial charge in [0.25, 0.3) is 5.92 Å². The molecule has 0 spiro atoms. The Bertz CT molecular complexity index is 657. The topological polar surface area (TPSA) is 69.2 Å². The van der Waals surface area contributed by atoms with E-state index in [0.29, 0.717) is 0 Å². The van der Waals surface area contributed by atoms with Crippen LogP contribution in [0.2, 0.25) is 0 Å². The van der Waals surface area contributed by atoms with E-state index in [2.05, 4.69) is 10.2 Å². The summed E-state index contributed by atoms with van der Waals surface area (Å²) in [7, 11) is 0. The van der Waals surface area contributed by atoms with Crippen LogP contribution >= 0.6 is 11.3 Å². The summed E-state index contributed by atoms with van der Waals surface area (Å²) in [4.78, 5) is 13.5. The summed E-state index contributed by atoms with van der Waals surface area (Å²) in [5.41, 5.74) is 1.60. The van der Waals surface area contributed by atoms with Crippen LogP contribution in [0.25, 0.3) is 10.6 Å². The number of rotatable bonds is 4. The molecule has 1 aliphatic rings.